The Labute approximate surface area is 155 Å². The maximum atomic E-state index is 12.0. The molecule has 0 atom stereocenters. The molecule has 4 rings (SSSR count). The van der Waals surface area contributed by atoms with Crippen LogP contribution in [0.25, 0.3) is 17.1 Å². The number of nitrogens with one attached hydrogen (secondary N) is 3. The van der Waals surface area contributed by atoms with Crippen molar-refractivity contribution in [3.05, 3.63) is 59.9 Å². The van der Waals surface area contributed by atoms with E-state index in [2.05, 4.69) is 25.6 Å². The molecule has 7 nitrogen and oxygen atoms in total. The van der Waals surface area contributed by atoms with E-state index in [1.165, 1.54) is 0 Å². The van der Waals surface area contributed by atoms with E-state index in [-0.39, 0.29) is 30.7 Å². The van der Waals surface area contributed by atoms with E-state index >= 15 is 0 Å². The Morgan fingerprint density at radius 2 is 2.16 bits per heavy atom. The normalized spacial score (nSPS) is 14.6. The molecule has 9 heteroatoms. The van der Waals surface area contributed by atoms with Gasteiger partial charge < -0.3 is 14.7 Å². The van der Waals surface area contributed by atoms with Gasteiger partial charge in [-0.3, -0.25) is 10.1 Å². The van der Waals surface area contributed by atoms with Crippen molar-refractivity contribution in [1.29, 1.82) is 0 Å². The summed E-state index contributed by atoms with van der Waals surface area (Å²) < 4.78 is 4.99. The predicted octanol–water partition coefficient (Wildman–Crippen LogP) is 2.62. The molecule has 0 saturated carbocycles. The van der Waals surface area contributed by atoms with Gasteiger partial charge in [0.15, 0.2) is 0 Å². The van der Waals surface area contributed by atoms with Gasteiger partial charge in [-0.05, 0) is 24.3 Å². The molecule has 0 unspecified atom stereocenters. The number of H-pyrrole nitrogens is 1. The Morgan fingerprint density at radius 3 is 2.96 bits per heavy atom. The number of halogens is 2. The van der Waals surface area contributed by atoms with Crippen LogP contribution in [0.3, 0.4) is 0 Å². The number of amides is 1. The first-order valence-electron chi connectivity index (χ1n) is 7.08. The number of rotatable bonds is 3. The number of nitrogens with zero attached hydrogens (tertiary/aromatic N) is 2. The fraction of sp³-hybridized carbons (Fsp3) is 0.0625. The van der Waals surface area contributed by atoms with Crippen LogP contribution in [0.15, 0.2) is 58.2 Å². The van der Waals surface area contributed by atoms with Crippen molar-refractivity contribution in [2.75, 3.05) is 0 Å². The lowest BCUT2D eigenvalue weighted by Crippen LogP contribution is -2.35. The van der Waals surface area contributed by atoms with Crippen LogP contribution in [-0.4, -0.2) is 21.8 Å². The molecule has 3 N–H and O–H groups in total. The molecule has 130 valence electrons. The first kappa shape index (κ1) is 18.6. The molecule has 0 radical (unpaired) electrons. The van der Waals surface area contributed by atoms with Gasteiger partial charge in [0.25, 0.3) is 5.91 Å². The van der Waals surface area contributed by atoms with Gasteiger partial charge in [0, 0.05) is 35.5 Å². The molecular weight excluding hydrogens is 365 g/mol. The van der Waals surface area contributed by atoms with Crippen LogP contribution in [0.5, 0.6) is 0 Å². The van der Waals surface area contributed by atoms with Crippen LogP contribution < -0.4 is 10.6 Å². The lowest BCUT2D eigenvalue weighted by Gasteiger charge is -2.02. The van der Waals surface area contributed by atoms with E-state index in [1.807, 2.05) is 24.4 Å². The Balaban J connectivity index is 0.00000113. The molecule has 0 fully saturated rings. The first-order chi connectivity index (χ1) is 11.3. The first-order valence-corrected chi connectivity index (χ1v) is 7.08. The Morgan fingerprint density at radius 1 is 1.28 bits per heavy atom. The van der Waals surface area contributed by atoms with Gasteiger partial charge in [-0.15, -0.1) is 24.8 Å². The summed E-state index contributed by atoms with van der Waals surface area (Å²) in [6.45, 7) is 0.528. The zero-order valence-electron chi connectivity index (χ0n) is 12.9. The second-order valence-electron chi connectivity index (χ2n) is 5.07. The van der Waals surface area contributed by atoms with E-state index in [0.29, 0.717) is 18.2 Å². The molecule has 3 aromatic heterocycles. The lowest BCUT2D eigenvalue weighted by molar-refractivity contribution is -0.115. The van der Waals surface area contributed by atoms with Crippen molar-refractivity contribution in [2.45, 2.75) is 6.54 Å². The number of guanidine groups is 1. The molecule has 0 saturated heterocycles. The maximum absolute atomic E-state index is 12.0. The number of fused-ring (bicyclic) bond motifs is 1. The molecule has 0 aliphatic carbocycles. The summed E-state index contributed by atoms with van der Waals surface area (Å²) in [5.74, 6) is 0.193. The Hall–Kier alpha value is -2.77. The second kappa shape index (κ2) is 7.87. The van der Waals surface area contributed by atoms with Gasteiger partial charge in [-0.25, -0.2) is 9.98 Å². The van der Waals surface area contributed by atoms with Crippen LogP contribution in [0.4, 0.5) is 0 Å². The molecule has 0 bridgehead atoms. The van der Waals surface area contributed by atoms with E-state index in [9.17, 15) is 4.79 Å². The topological polar surface area (TPSA) is 95.3 Å². The summed E-state index contributed by atoms with van der Waals surface area (Å²) in [7, 11) is 0. The third-order valence-electron chi connectivity index (χ3n) is 3.51. The summed E-state index contributed by atoms with van der Waals surface area (Å²) in [5, 5.41) is 6.71. The summed E-state index contributed by atoms with van der Waals surface area (Å²) >= 11 is 0. The number of hydrogen-bond acceptors (Lipinski definition) is 5. The third kappa shape index (κ3) is 3.84. The number of aliphatic imine (C=N–C) groups is 1. The summed E-state index contributed by atoms with van der Waals surface area (Å²) in [6.07, 6.45) is 8.50. The number of aromatic nitrogens is 2. The van der Waals surface area contributed by atoms with Crippen LogP contribution in [0.2, 0.25) is 0 Å². The number of furan rings is 1. The van der Waals surface area contributed by atoms with Crippen LogP contribution in [0.1, 0.15) is 11.1 Å². The second-order valence-corrected chi connectivity index (χ2v) is 5.07. The molecule has 1 aliphatic rings. The monoisotopic (exact) mass is 379 g/mol. The molecule has 3 aromatic rings. The quantitative estimate of drug-likeness (QED) is 0.609. The zero-order valence-corrected chi connectivity index (χ0v) is 14.5. The number of pyridine rings is 1. The molecule has 25 heavy (non-hydrogen) atoms. The fourth-order valence-corrected chi connectivity index (χ4v) is 2.38. The zero-order chi connectivity index (χ0) is 15.6. The molecule has 1 aliphatic heterocycles. The minimum absolute atomic E-state index is 0. The average Bonchev–Trinajstić information content (AvgIpc) is 3.28. The maximum Gasteiger partial charge on any atom is 0.276 e. The molecule has 0 aromatic carbocycles. The van der Waals surface area contributed by atoms with Crippen molar-refractivity contribution in [2.24, 2.45) is 4.99 Å². The SMILES string of the molecule is Cl.Cl.O=C1NC(NCc2ccoc2)=NC1=Cc1c[nH]c2ncccc12. The minimum Gasteiger partial charge on any atom is -0.472 e. The van der Waals surface area contributed by atoms with Crippen molar-refractivity contribution in [1.82, 2.24) is 20.6 Å². The van der Waals surface area contributed by atoms with E-state index in [1.54, 1.807) is 24.8 Å². The number of carbonyl (C=O) groups excluding carboxylic acids is 1. The molecule has 1 amide bonds. The largest absolute Gasteiger partial charge is 0.472 e. The van der Waals surface area contributed by atoms with Gasteiger partial charge in [0.2, 0.25) is 5.96 Å². The molecular formula is C16H15Cl2N5O2. The highest BCUT2D eigenvalue weighted by atomic mass is 35.5. The van der Waals surface area contributed by atoms with E-state index in [0.717, 1.165) is 22.2 Å². The van der Waals surface area contributed by atoms with Gasteiger partial charge in [-0.2, -0.15) is 0 Å². The van der Waals surface area contributed by atoms with Gasteiger partial charge in [0.1, 0.15) is 11.3 Å². The fourth-order valence-electron chi connectivity index (χ4n) is 2.38. The number of hydrogen-bond donors (Lipinski definition) is 3. The van der Waals surface area contributed by atoms with Crippen molar-refractivity contribution in [3.8, 4) is 0 Å². The van der Waals surface area contributed by atoms with Crippen molar-refractivity contribution < 1.29 is 9.21 Å². The van der Waals surface area contributed by atoms with E-state index < -0.39 is 0 Å². The Bertz CT molecular complexity index is 931. The minimum atomic E-state index is -0.238. The number of carbonyl (C=O) groups is 1. The summed E-state index contributed by atoms with van der Waals surface area (Å²) in [4.78, 5) is 23.6. The summed E-state index contributed by atoms with van der Waals surface area (Å²) in [6, 6.07) is 5.65. The lowest BCUT2D eigenvalue weighted by atomic mass is 10.2. The van der Waals surface area contributed by atoms with Gasteiger partial charge >= 0.3 is 0 Å². The van der Waals surface area contributed by atoms with Crippen LogP contribution in [0, 0.1) is 0 Å². The highest BCUT2D eigenvalue weighted by Gasteiger charge is 2.20. The number of aromatic amines is 1. The van der Waals surface area contributed by atoms with E-state index in [4.69, 9.17) is 4.42 Å². The van der Waals surface area contributed by atoms with Crippen LogP contribution >= 0.6 is 24.8 Å². The van der Waals surface area contributed by atoms with Crippen molar-refractivity contribution >= 4 is 53.8 Å². The highest BCUT2D eigenvalue weighted by Crippen LogP contribution is 2.20. The standard InChI is InChI=1S/C16H13N5O2.2ClH/c22-15-13(6-11-8-18-14-12(11)2-1-4-17-14)20-16(21-15)19-7-10-3-5-23-9-10;;/h1-6,8-9H,7H2,(H,17,18)(H2,19,20,21,22);2*1H. The predicted molar refractivity (Wildman–Crippen MR) is 99.7 cm³/mol. The molecule has 0 spiro atoms. The van der Waals surface area contributed by atoms with Crippen molar-refractivity contribution in [3.63, 3.8) is 0 Å². The van der Waals surface area contributed by atoms with Gasteiger partial charge in [0.05, 0.1) is 12.5 Å². The highest BCUT2D eigenvalue weighted by molar-refractivity contribution is 6.14. The Kier molecular flexibility index (Phi) is 5.84. The smallest absolute Gasteiger partial charge is 0.276 e. The molecule has 4 heterocycles. The average molecular weight is 380 g/mol. The van der Waals surface area contributed by atoms with Gasteiger partial charge in [-0.1, -0.05) is 0 Å². The third-order valence-corrected chi connectivity index (χ3v) is 3.51. The summed E-state index contributed by atoms with van der Waals surface area (Å²) in [5.41, 5.74) is 2.98. The van der Waals surface area contributed by atoms with Crippen LogP contribution in [-0.2, 0) is 11.3 Å².